The molecule has 152 valence electrons. The molecule has 0 saturated heterocycles. The van der Waals surface area contributed by atoms with Gasteiger partial charge in [-0.1, -0.05) is 41.9 Å². The van der Waals surface area contributed by atoms with Crippen molar-refractivity contribution < 1.29 is 14.3 Å². The molecule has 0 aliphatic carbocycles. The number of urea groups is 1. The molecule has 7 heteroatoms. The zero-order valence-corrected chi connectivity index (χ0v) is 17.0. The summed E-state index contributed by atoms with van der Waals surface area (Å²) in [7, 11) is 0. The van der Waals surface area contributed by atoms with Crippen LogP contribution in [0, 0.1) is 0 Å². The van der Waals surface area contributed by atoms with Crippen LogP contribution >= 0.6 is 11.6 Å². The zero-order valence-electron chi connectivity index (χ0n) is 16.3. The highest BCUT2D eigenvalue weighted by molar-refractivity contribution is 6.30. The second-order valence-corrected chi connectivity index (χ2v) is 7.38. The first-order chi connectivity index (χ1) is 14.5. The fourth-order valence-corrected chi connectivity index (χ4v) is 3.36. The van der Waals surface area contributed by atoms with Crippen molar-refractivity contribution >= 4 is 40.6 Å². The van der Waals surface area contributed by atoms with Crippen LogP contribution in [0.2, 0.25) is 5.02 Å². The summed E-state index contributed by atoms with van der Waals surface area (Å²) in [5, 5.41) is 6.20. The largest absolute Gasteiger partial charge is 0.479 e. The van der Waals surface area contributed by atoms with Crippen molar-refractivity contribution in [1.29, 1.82) is 0 Å². The maximum atomic E-state index is 12.8. The number of fused-ring (bicyclic) bond motifs is 1. The molecule has 3 aromatic rings. The Morgan fingerprint density at radius 2 is 1.70 bits per heavy atom. The molecule has 2 N–H and O–H groups in total. The molecule has 0 fully saturated rings. The van der Waals surface area contributed by atoms with Crippen molar-refractivity contribution in [3.63, 3.8) is 0 Å². The van der Waals surface area contributed by atoms with Crippen molar-refractivity contribution in [3.05, 3.63) is 83.4 Å². The van der Waals surface area contributed by atoms with Gasteiger partial charge in [0, 0.05) is 16.4 Å². The number of amides is 3. The van der Waals surface area contributed by atoms with Gasteiger partial charge in [0.25, 0.3) is 5.91 Å². The topological polar surface area (TPSA) is 70.7 Å². The van der Waals surface area contributed by atoms with E-state index in [4.69, 9.17) is 16.3 Å². The second kappa shape index (κ2) is 8.47. The van der Waals surface area contributed by atoms with E-state index < -0.39 is 6.10 Å². The van der Waals surface area contributed by atoms with Crippen molar-refractivity contribution in [2.75, 3.05) is 15.5 Å². The Kier molecular flexibility index (Phi) is 5.59. The molecule has 1 atom stereocenters. The summed E-state index contributed by atoms with van der Waals surface area (Å²) in [5.41, 5.74) is 2.78. The molecule has 0 radical (unpaired) electrons. The number of benzene rings is 3. The molecule has 1 aliphatic rings. The van der Waals surface area contributed by atoms with Crippen LogP contribution in [-0.2, 0) is 11.3 Å². The van der Waals surface area contributed by atoms with Gasteiger partial charge in [0.2, 0.25) is 0 Å². The SMILES string of the molecule is CC1Oc2ccc(NC(=O)Nc3ccccc3)cc2N(Cc2ccc(Cl)cc2)C1=O. The average molecular weight is 422 g/mol. The first-order valence-corrected chi connectivity index (χ1v) is 9.87. The summed E-state index contributed by atoms with van der Waals surface area (Å²) in [6.45, 7) is 2.09. The third kappa shape index (κ3) is 4.39. The highest BCUT2D eigenvalue weighted by atomic mass is 35.5. The molecular weight excluding hydrogens is 402 g/mol. The van der Waals surface area contributed by atoms with Crippen LogP contribution in [0.15, 0.2) is 72.8 Å². The molecule has 0 spiro atoms. The van der Waals surface area contributed by atoms with Crippen LogP contribution < -0.4 is 20.3 Å². The van der Waals surface area contributed by atoms with Crippen molar-refractivity contribution in [3.8, 4) is 5.75 Å². The summed E-state index contributed by atoms with van der Waals surface area (Å²) in [6, 6.07) is 21.4. The van der Waals surface area contributed by atoms with Crippen LogP contribution in [0.4, 0.5) is 21.9 Å². The van der Waals surface area contributed by atoms with E-state index in [1.54, 1.807) is 54.3 Å². The molecule has 3 aromatic carbocycles. The highest BCUT2D eigenvalue weighted by Gasteiger charge is 2.31. The van der Waals surface area contributed by atoms with Gasteiger partial charge in [0.15, 0.2) is 6.10 Å². The molecule has 3 amide bonds. The number of carbonyl (C=O) groups excluding carboxylic acids is 2. The van der Waals surface area contributed by atoms with Crippen LogP contribution in [-0.4, -0.2) is 18.0 Å². The quantitative estimate of drug-likeness (QED) is 0.600. The van der Waals surface area contributed by atoms with E-state index in [0.29, 0.717) is 34.4 Å². The number of nitrogens with one attached hydrogen (secondary N) is 2. The maximum Gasteiger partial charge on any atom is 0.323 e. The van der Waals surface area contributed by atoms with Crippen molar-refractivity contribution in [2.24, 2.45) is 0 Å². The Morgan fingerprint density at radius 3 is 2.43 bits per heavy atom. The minimum absolute atomic E-state index is 0.150. The van der Waals surface area contributed by atoms with E-state index in [1.165, 1.54) is 0 Å². The van der Waals surface area contributed by atoms with E-state index in [9.17, 15) is 9.59 Å². The minimum atomic E-state index is -0.593. The van der Waals surface area contributed by atoms with E-state index in [0.717, 1.165) is 5.56 Å². The molecule has 1 heterocycles. The Labute approximate surface area is 179 Å². The molecule has 0 saturated carbocycles. The summed E-state index contributed by atoms with van der Waals surface area (Å²) >= 11 is 5.97. The lowest BCUT2D eigenvalue weighted by Gasteiger charge is -2.33. The summed E-state index contributed by atoms with van der Waals surface area (Å²) in [5.74, 6) is 0.438. The van der Waals surface area contributed by atoms with Gasteiger partial charge in [0.1, 0.15) is 5.75 Å². The molecule has 6 nitrogen and oxygen atoms in total. The number of halogens is 1. The average Bonchev–Trinajstić information content (AvgIpc) is 2.74. The fourth-order valence-electron chi connectivity index (χ4n) is 3.24. The number of rotatable bonds is 4. The zero-order chi connectivity index (χ0) is 21.1. The van der Waals surface area contributed by atoms with E-state index in [-0.39, 0.29) is 11.9 Å². The van der Waals surface area contributed by atoms with Gasteiger partial charge in [-0.3, -0.25) is 4.79 Å². The van der Waals surface area contributed by atoms with Crippen LogP contribution in [0.3, 0.4) is 0 Å². The Morgan fingerprint density at radius 1 is 1.00 bits per heavy atom. The number of nitrogens with zero attached hydrogens (tertiary/aromatic N) is 1. The first kappa shape index (κ1) is 19.8. The van der Waals surface area contributed by atoms with Gasteiger partial charge in [0.05, 0.1) is 12.2 Å². The van der Waals surface area contributed by atoms with E-state index >= 15 is 0 Å². The van der Waals surface area contributed by atoms with Gasteiger partial charge in [-0.25, -0.2) is 4.79 Å². The van der Waals surface area contributed by atoms with Crippen LogP contribution in [0.1, 0.15) is 12.5 Å². The number of anilines is 3. The number of carbonyl (C=O) groups is 2. The molecule has 4 rings (SSSR count). The van der Waals surface area contributed by atoms with E-state index in [1.807, 2.05) is 30.3 Å². The second-order valence-electron chi connectivity index (χ2n) is 6.94. The molecule has 0 aromatic heterocycles. The van der Waals surface area contributed by atoms with E-state index in [2.05, 4.69) is 10.6 Å². The first-order valence-electron chi connectivity index (χ1n) is 9.49. The standard InChI is InChI=1S/C23H20ClN3O3/c1-15-22(28)27(14-16-7-9-17(24)10-8-16)20-13-19(11-12-21(20)30-15)26-23(29)25-18-5-3-2-4-6-18/h2-13,15H,14H2,1H3,(H2,25,26,29). The van der Waals surface area contributed by atoms with Gasteiger partial charge >= 0.3 is 6.03 Å². The minimum Gasteiger partial charge on any atom is -0.479 e. The number of hydrogen-bond acceptors (Lipinski definition) is 3. The lowest BCUT2D eigenvalue weighted by atomic mass is 10.1. The normalized spacial score (nSPS) is 15.2. The monoisotopic (exact) mass is 421 g/mol. The highest BCUT2D eigenvalue weighted by Crippen LogP contribution is 2.37. The molecule has 0 bridgehead atoms. The van der Waals surface area contributed by atoms with Gasteiger partial charge in [-0.15, -0.1) is 0 Å². The number of para-hydroxylation sites is 1. The molecular formula is C23H20ClN3O3. The third-order valence-corrected chi connectivity index (χ3v) is 4.96. The van der Waals surface area contributed by atoms with Crippen LogP contribution in [0.25, 0.3) is 0 Å². The smallest absolute Gasteiger partial charge is 0.323 e. The van der Waals surface area contributed by atoms with Gasteiger partial charge < -0.3 is 20.3 Å². The Balaban J connectivity index is 1.56. The molecule has 1 unspecified atom stereocenters. The van der Waals surface area contributed by atoms with Gasteiger partial charge in [-0.2, -0.15) is 0 Å². The van der Waals surface area contributed by atoms with Gasteiger partial charge in [-0.05, 0) is 55.0 Å². The number of ether oxygens (including phenoxy) is 1. The van der Waals surface area contributed by atoms with Crippen molar-refractivity contribution in [2.45, 2.75) is 19.6 Å². The fraction of sp³-hybridized carbons (Fsp3) is 0.130. The Bertz CT molecular complexity index is 1070. The maximum absolute atomic E-state index is 12.8. The predicted octanol–water partition coefficient (Wildman–Crippen LogP) is 5.30. The molecule has 30 heavy (non-hydrogen) atoms. The third-order valence-electron chi connectivity index (χ3n) is 4.71. The predicted molar refractivity (Wildman–Crippen MR) is 118 cm³/mol. The lowest BCUT2D eigenvalue weighted by Crippen LogP contribution is -2.44. The Hall–Kier alpha value is -3.51. The summed E-state index contributed by atoms with van der Waals surface area (Å²) in [4.78, 5) is 26.8. The summed E-state index contributed by atoms with van der Waals surface area (Å²) in [6.07, 6.45) is -0.593. The summed E-state index contributed by atoms with van der Waals surface area (Å²) < 4.78 is 5.75. The molecule has 1 aliphatic heterocycles. The lowest BCUT2D eigenvalue weighted by molar-refractivity contribution is -0.125. The van der Waals surface area contributed by atoms with Crippen LogP contribution in [0.5, 0.6) is 5.75 Å². The number of hydrogen-bond donors (Lipinski definition) is 2. The van der Waals surface area contributed by atoms with Crippen molar-refractivity contribution in [1.82, 2.24) is 0 Å².